The number of hydrogen-bond acceptors (Lipinski definition) is 1. The molecule has 0 aliphatic rings. The first-order valence-corrected chi connectivity index (χ1v) is 8.85. The second-order valence-electron chi connectivity index (χ2n) is 7.39. The maximum absolute atomic E-state index is 13.8. The van der Waals surface area contributed by atoms with Crippen LogP contribution in [0.2, 0.25) is 0 Å². The van der Waals surface area contributed by atoms with Gasteiger partial charge in [-0.25, -0.2) is 17.6 Å². The average Bonchev–Trinajstić information content (AvgIpc) is 2.77. The van der Waals surface area contributed by atoms with Crippen molar-refractivity contribution in [1.29, 1.82) is 0 Å². The van der Waals surface area contributed by atoms with Gasteiger partial charge in [-0.1, -0.05) is 13.2 Å². The normalized spacial score (nSPS) is 16.0. The minimum absolute atomic E-state index is 1.33. The lowest BCUT2D eigenvalue weighted by atomic mass is 9.93. The highest BCUT2D eigenvalue weighted by molar-refractivity contribution is 5.22. The highest BCUT2D eigenvalue weighted by Gasteiger charge is 2.90. The Morgan fingerprint density at radius 2 is 0.561 bits per heavy atom. The van der Waals surface area contributed by atoms with Crippen LogP contribution in [0.25, 0.3) is 0 Å². The van der Waals surface area contributed by atoms with Crippen LogP contribution in [0.1, 0.15) is 0 Å². The van der Waals surface area contributed by atoms with Crippen molar-refractivity contribution in [2.75, 3.05) is 0 Å². The van der Waals surface area contributed by atoms with Gasteiger partial charge < -0.3 is 4.74 Å². The van der Waals surface area contributed by atoms with Crippen molar-refractivity contribution in [2.45, 2.75) is 72.1 Å². The van der Waals surface area contributed by atoms with Crippen LogP contribution >= 0.6 is 0 Å². The van der Waals surface area contributed by atoms with Gasteiger partial charge >= 0.3 is 72.1 Å². The Balaban J connectivity index is 6.64. The molecule has 0 aromatic carbocycles. The van der Waals surface area contributed by atoms with Crippen molar-refractivity contribution >= 4 is 0 Å². The topological polar surface area (TPSA) is 9.23 Å². The van der Waals surface area contributed by atoms with Gasteiger partial charge in [-0.2, -0.15) is 87.8 Å². The molecule has 0 aliphatic heterocycles. The average molecular weight is 670 g/mol. The minimum Gasteiger partial charge on any atom is -0.454 e. The van der Waals surface area contributed by atoms with E-state index in [2.05, 4.69) is 4.74 Å². The lowest BCUT2D eigenvalue weighted by Crippen LogP contribution is -2.69. The lowest BCUT2D eigenvalue weighted by Gasteiger charge is -2.40. The Labute approximate surface area is 208 Å². The number of alkyl halides is 24. The van der Waals surface area contributed by atoms with Crippen molar-refractivity contribution in [1.82, 2.24) is 0 Å². The summed E-state index contributed by atoms with van der Waals surface area (Å²) in [6, 6.07) is 0. The van der Waals surface area contributed by atoms with Crippen LogP contribution < -0.4 is 0 Å². The molecule has 0 fully saturated rings. The summed E-state index contributed by atoms with van der Waals surface area (Å²) in [5.41, 5.74) is 0. The third-order valence-electron chi connectivity index (χ3n) is 4.70. The largest absolute Gasteiger partial charge is 0.454 e. The summed E-state index contributed by atoms with van der Waals surface area (Å²) in [7, 11) is 0. The van der Waals surface area contributed by atoms with Crippen LogP contribution in [0.4, 0.5) is 105 Å². The Morgan fingerprint density at radius 1 is 0.366 bits per heavy atom. The highest BCUT2D eigenvalue weighted by Crippen LogP contribution is 2.62. The van der Waals surface area contributed by atoms with Crippen molar-refractivity contribution in [2.24, 2.45) is 0 Å². The summed E-state index contributed by atoms with van der Waals surface area (Å²) in [5, 5.41) is 0. The predicted molar refractivity (Wildman–Crippen MR) is 80.8 cm³/mol. The molecule has 0 unspecified atom stereocenters. The van der Waals surface area contributed by atoms with Gasteiger partial charge in [0.05, 0.1) is 0 Å². The lowest BCUT2D eigenvalue weighted by molar-refractivity contribution is -0.413. The van der Waals surface area contributed by atoms with Gasteiger partial charge in [-0.15, -0.1) is 0 Å². The quantitative estimate of drug-likeness (QED) is 0.133. The Bertz CT molecular complexity index is 912. The van der Waals surface area contributed by atoms with Gasteiger partial charge in [-0.05, 0) is 0 Å². The molecular formula is C16H6F24O. The molecule has 0 rings (SSSR count). The van der Waals surface area contributed by atoms with Gasteiger partial charge in [-0.3, -0.25) is 0 Å². The first kappa shape index (κ1) is 38.6. The molecule has 0 radical (unpaired) electrons. The molecular weight excluding hydrogens is 664 g/mol. The third kappa shape index (κ3) is 5.00. The maximum Gasteiger partial charge on any atom is 0.386 e. The summed E-state index contributed by atoms with van der Waals surface area (Å²) >= 11 is 0. The summed E-state index contributed by atoms with van der Waals surface area (Å²) in [4.78, 5) is 0. The molecule has 0 aromatic rings. The number of halogens is 24. The van der Waals surface area contributed by atoms with Gasteiger partial charge in [0.1, 0.15) is 0 Å². The molecule has 0 N–H and O–H groups in total. The zero-order chi connectivity index (χ0) is 34.0. The molecule has 0 aromatic heterocycles. The van der Waals surface area contributed by atoms with Crippen LogP contribution in [0.5, 0.6) is 0 Å². The number of allylic oxidation sites excluding steroid dienone is 2. The molecule has 0 saturated heterocycles. The van der Waals surface area contributed by atoms with E-state index >= 15 is 0 Å². The molecule has 41 heavy (non-hydrogen) atoms. The number of hydrogen-bond donors (Lipinski definition) is 0. The van der Waals surface area contributed by atoms with Crippen LogP contribution in [0.15, 0.2) is 24.7 Å². The molecule has 1 nitrogen and oxygen atoms in total. The van der Waals surface area contributed by atoms with E-state index in [1.807, 2.05) is 0 Å². The zero-order valence-electron chi connectivity index (χ0n) is 18.0. The Morgan fingerprint density at radius 3 is 0.732 bits per heavy atom. The summed E-state index contributed by atoms with van der Waals surface area (Å²) in [6.45, 7) is 2.67. The standard InChI is InChI=1S/C16H6F24O/c1-3(7(21,22)11(29,30)15(37,38)13(33,34)9(25,26)5(17)18)41-4(2)8(23,24)12(31,32)16(39,40)14(35,36)10(27,28)6(19)20/h5-6H,1-2H2. The maximum atomic E-state index is 13.8. The highest BCUT2D eigenvalue weighted by atomic mass is 19.4. The molecule has 244 valence electrons. The van der Waals surface area contributed by atoms with Gasteiger partial charge in [0.2, 0.25) is 0 Å². The van der Waals surface area contributed by atoms with Crippen LogP contribution in [-0.2, 0) is 4.74 Å². The minimum atomic E-state index is -8.39. The molecule has 0 amide bonds. The van der Waals surface area contributed by atoms with Crippen LogP contribution in [0, 0.1) is 0 Å². The van der Waals surface area contributed by atoms with Gasteiger partial charge in [0.25, 0.3) is 0 Å². The zero-order valence-corrected chi connectivity index (χ0v) is 18.0. The predicted octanol–water partition coefficient (Wildman–Crippen LogP) is 8.91. The van der Waals surface area contributed by atoms with Gasteiger partial charge in [0.15, 0.2) is 11.5 Å². The van der Waals surface area contributed by atoms with Crippen molar-refractivity contribution in [3.05, 3.63) is 24.7 Å². The van der Waals surface area contributed by atoms with Crippen LogP contribution in [0.3, 0.4) is 0 Å². The van der Waals surface area contributed by atoms with Crippen LogP contribution in [-0.4, -0.2) is 72.1 Å². The smallest absolute Gasteiger partial charge is 0.386 e. The molecule has 25 heteroatoms. The fourth-order valence-corrected chi connectivity index (χ4v) is 2.11. The van der Waals surface area contributed by atoms with E-state index in [0.717, 1.165) is 0 Å². The van der Waals surface area contributed by atoms with Crippen molar-refractivity contribution < 1.29 is 110 Å². The Hall–Kier alpha value is -2.40. The Kier molecular flexibility index (Phi) is 9.51. The van der Waals surface area contributed by atoms with E-state index in [0.29, 0.717) is 0 Å². The fraction of sp³-hybridized carbons (Fsp3) is 0.750. The molecule has 0 spiro atoms. The van der Waals surface area contributed by atoms with Crippen molar-refractivity contribution in [3.8, 4) is 0 Å². The summed E-state index contributed by atoms with van der Waals surface area (Å²) in [5.74, 6) is -88.0. The van der Waals surface area contributed by atoms with E-state index in [-0.39, 0.29) is 0 Å². The summed E-state index contributed by atoms with van der Waals surface area (Å²) in [6.07, 6.45) is -12.0. The number of ether oxygens (including phenoxy) is 1. The van der Waals surface area contributed by atoms with Gasteiger partial charge in [0, 0.05) is 0 Å². The second-order valence-corrected chi connectivity index (χ2v) is 7.39. The fourth-order valence-electron chi connectivity index (χ4n) is 2.11. The molecule has 0 aliphatic carbocycles. The number of rotatable bonds is 14. The molecule has 0 saturated carbocycles. The van der Waals surface area contributed by atoms with E-state index in [4.69, 9.17) is 0 Å². The first-order valence-electron chi connectivity index (χ1n) is 8.85. The first-order chi connectivity index (χ1) is 17.4. The van der Waals surface area contributed by atoms with E-state index < -0.39 is 83.6 Å². The monoisotopic (exact) mass is 670 g/mol. The second kappa shape index (κ2) is 10.1. The third-order valence-corrected chi connectivity index (χ3v) is 4.70. The molecule has 0 bridgehead atoms. The van der Waals surface area contributed by atoms with E-state index in [1.165, 1.54) is 13.2 Å². The summed E-state index contributed by atoms with van der Waals surface area (Å²) < 4.78 is 317. The SMILES string of the molecule is C=C(OC(=C)C(F)(F)C(F)(F)C(F)(F)C(F)(F)C(F)(F)C(F)F)C(F)(F)C(F)(F)C(F)(F)C(F)(F)C(F)(F)C(F)F. The van der Waals surface area contributed by atoms with Crippen molar-refractivity contribution in [3.63, 3.8) is 0 Å². The molecule has 0 atom stereocenters. The molecule has 0 heterocycles. The van der Waals surface area contributed by atoms with E-state index in [1.54, 1.807) is 0 Å². The van der Waals surface area contributed by atoms with E-state index in [9.17, 15) is 105 Å².